The van der Waals surface area contributed by atoms with E-state index < -0.39 is 8.32 Å². The maximum Gasteiger partial charge on any atom is 0.261 e. The highest BCUT2D eigenvalue weighted by molar-refractivity contribution is 6.99. The van der Waals surface area contributed by atoms with Crippen LogP contribution >= 0.6 is 0 Å². The van der Waals surface area contributed by atoms with Gasteiger partial charge in [0, 0.05) is 6.10 Å². The average molecular weight is 351 g/mol. The Morgan fingerprint density at radius 3 is 1.68 bits per heavy atom. The third-order valence-electron chi connectivity index (χ3n) is 6.45. The van der Waals surface area contributed by atoms with E-state index in [0.717, 1.165) is 17.8 Å². The van der Waals surface area contributed by atoms with Crippen molar-refractivity contribution in [1.29, 1.82) is 0 Å². The number of rotatable bonds is 4. The van der Waals surface area contributed by atoms with Gasteiger partial charge in [0.1, 0.15) is 0 Å². The summed E-state index contributed by atoms with van der Waals surface area (Å²) in [6.45, 7) is 9.55. The second kappa shape index (κ2) is 6.10. The van der Waals surface area contributed by atoms with Gasteiger partial charge in [-0.2, -0.15) is 0 Å². The molecule has 132 valence electrons. The first-order valence-electron chi connectivity index (χ1n) is 9.72. The Hall–Kier alpha value is -1.38. The van der Waals surface area contributed by atoms with Crippen molar-refractivity contribution in [2.75, 3.05) is 0 Å². The molecule has 2 heteroatoms. The summed E-state index contributed by atoms with van der Waals surface area (Å²) in [5.74, 6) is 2.55. The highest BCUT2D eigenvalue weighted by atomic mass is 28.4. The maximum atomic E-state index is 7.30. The molecule has 0 spiro atoms. The van der Waals surface area contributed by atoms with E-state index in [-0.39, 0.29) is 5.04 Å². The summed E-state index contributed by atoms with van der Waals surface area (Å²) < 4.78 is 7.30. The standard InChI is InChI=1S/C23H30OSi/c1-17-15-22(21-16-20(17)21)24-25(23(2,3)4,18-11-7-5-8-12-18)19-13-9-6-10-14-19/h5-14,17,20-22H,15-16H2,1-4H3/t17-,20+,21+,22+/m1/s1. The molecule has 1 nitrogen and oxygen atoms in total. The van der Waals surface area contributed by atoms with Crippen molar-refractivity contribution in [3.8, 4) is 0 Å². The first-order chi connectivity index (χ1) is 11.9. The topological polar surface area (TPSA) is 9.23 Å². The van der Waals surface area contributed by atoms with Gasteiger partial charge < -0.3 is 4.43 Å². The number of hydrogen-bond donors (Lipinski definition) is 0. The van der Waals surface area contributed by atoms with Crippen LogP contribution in [0.3, 0.4) is 0 Å². The van der Waals surface area contributed by atoms with Crippen molar-refractivity contribution in [1.82, 2.24) is 0 Å². The van der Waals surface area contributed by atoms with E-state index >= 15 is 0 Å². The van der Waals surface area contributed by atoms with Crippen LogP contribution in [-0.4, -0.2) is 14.4 Å². The zero-order valence-corrected chi connectivity index (χ0v) is 16.9. The fraction of sp³-hybridized carbons (Fsp3) is 0.478. The van der Waals surface area contributed by atoms with Gasteiger partial charge in [-0.15, -0.1) is 0 Å². The molecule has 0 aromatic heterocycles. The lowest BCUT2D eigenvalue weighted by molar-refractivity contribution is 0.166. The van der Waals surface area contributed by atoms with Gasteiger partial charge in [0.05, 0.1) is 0 Å². The van der Waals surface area contributed by atoms with Gasteiger partial charge in [0.15, 0.2) is 0 Å². The Labute approximate surface area is 153 Å². The third kappa shape index (κ3) is 2.80. The largest absolute Gasteiger partial charge is 0.404 e. The predicted octanol–water partition coefficient (Wildman–Crippen LogP) is 4.61. The fourth-order valence-corrected chi connectivity index (χ4v) is 9.83. The van der Waals surface area contributed by atoms with Gasteiger partial charge in [-0.05, 0) is 46.0 Å². The summed E-state index contributed by atoms with van der Waals surface area (Å²) in [5, 5.41) is 2.90. The molecule has 0 N–H and O–H groups in total. The fourth-order valence-electron chi connectivity index (χ4n) is 5.09. The van der Waals surface area contributed by atoms with Gasteiger partial charge in [-0.3, -0.25) is 0 Å². The van der Waals surface area contributed by atoms with E-state index in [1.807, 2.05) is 0 Å². The smallest absolute Gasteiger partial charge is 0.261 e. The SMILES string of the molecule is C[C@@H]1C[C@H](O[Si](c2ccccc2)(c2ccccc2)C(C)(C)C)[C@H]2C[C@H]21. The summed E-state index contributed by atoms with van der Waals surface area (Å²) in [5.41, 5.74) is 0. The molecule has 2 aliphatic carbocycles. The van der Waals surface area contributed by atoms with Crippen LogP contribution in [0, 0.1) is 17.8 Å². The second-order valence-corrected chi connectivity index (χ2v) is 13.3. The lowest BCUT2D eigenvalue weighted by atomic mass is 10.1. The van der Waals surface area contributed by atoms with E-state index in [1.54, 1.807) is 0 Å². The Morgan fingerprint density at radius 2 is 1.32 bits per heavy atom. The molecule has 2 aromatic carbocycles. The normalized spacial score (nSPS) is 28.6. The molecule has 4 atom stereocenters. The number of fused-ring (bicyclic) bond motifs is 1. The Kier molecular flexibility index (Phi) is 4.16. The Bertz CT molecular complexity index is 679. The van der Waals surface area contributed by atoms with Crippen LogP contribution < -0.4 is 10.4 Å². The van der Waals surface area contributed by atoms with E-state index in [4.69, 9.17) is 4.43 Å². The van der Waals surface area contributed by atoms with E-state index in [2.05, 4.69) is 88.4 Å². The molecule has 2 aliphatic rings. The molecule has 2 saturated carbocycles. The Balaban J connectivity index is 1.84. The van der Waals surface area contributed by atoms with Crippen molar-refractivity contribution in [2.45, 2.75) is 51.7 Å². The highest BCUT2D eigenvalue weighted by Gasteiger charge is 2.58. The van der Waals surface area contributed by atoms with Gasteiger partial charge in [0.25, 0.3) is 8.32 Å². The van der Waals surface area contributed by atoms with Crippen LogP contribution in [0.1, 0.15) is 40.5 Å². The summed E-state index contributed by atoms with van der Waals surface area (Å²) in [7, 11) is -2.36. The minimum absolute atomic E-state index is 0.0892. The molecule has 0 unspecified atom stereocenters. The molecular weight excluding hydrogens is 320 g/mol. The summed E-state index contributed by atoms with van der Waals surface area (Å²) in [6, 6.07) is 22.1. The number of hydrogen-bond acceptors (Lipinski definition) is 1. The van der Waals surface area contributed by atoms with Crippen LogP contribution in [0.5, 0.6) is 0 Å². The predicted molar refractivity (Wildman–Crippen MR) is 108 cm³/mol. The average Bonchev–Trinajstić information content (AvgIpc) is 3.34. The highest BCUT2D eigenvalue weighted by Crippen LogP contribution is 2.57. The quantitative estimate of drug-likeness (QED) is 0.732. The van der Waals surface area contributed by atoms with Crippen LogP contribution in [0.15, 0.2) is 60.7 Å². The van der Waals surface area contributed by atoms with Gasteiger partial charge in [-0.25, -0.2) is 0 Å². The molecule has 2 fully saturated rings. The minimum Gasteiger partial charge on any atom is -0.404 e. The zero-order chi connectivity index (χ0) is 17.7. The third-order valence-corrected chi connectivity index (χ3v) is 11.5. The summed E-state index contributed by atoms with van der Waals surface area (Å²) in [4.78, 5) is 0. The molecule has 0 saturated heterocycles. The minimum atomic E-state index is -2.36. The first-order valence-corrected chi connectivity index (χ1v) is 11.6. The molecule has 0 bridgehead atoms. The monoisotopic (exact) mass is 350 g/mol. The molecule has 0 amide bonds. The van der Waals surface area contributed by atoms with Gasteiger partial charge >= 0.3 is 0 Å². The van der Waals surface area contributed by atoms with Crippen LogP contribution in [0.2, 0.25) is 5.04 Å². The van der Waals surface area contributed by atoms with Crippen molar-refractivity contribution >= 4 is 18.7 Å². The lowest BCUT2D eigenvalue weighted by Gasteiger charge is -2.45. The Morgan fingerprint density at radius 1 is 0.800 bits per heavy atom. The zero-order valence-electron chi connectivity index (χ0n) is 15.9. The van der Waals surface area contributed by atoms with E-state index in [0.29, 0.717) is 6.10 Å². The number of benzene rings is 2. The maximum absolute atomic E-state index is 7.30. The second-order valence-electron chi connectivity index (χ2n) is 9.10. The van der Waals surface area contributed by atoms with Crippen molar-refractivity contribution < 1.29 is 4.43 Å². The molecule has 0 radical (unpaired) electrons. The van der Waals surface area contributed by atoms with Crippen LogP contribution in [0.4, 0.5) is 0 Å². The molecule has 4 rings (SSSR count). The summed E-state index contributed by atoms with van der Waals surface area (Å²) in [6.07, 6.45) is 3.05. The molecule has 0 aliphatic heterocycles. The van der Waals surface area contributed by atoms with E-state index in [9.17, 15) is 0 Å². The summed E-state index contributed by atoms with van der Waals surface area (Å²) >= 11 is 0. The van der Waals surface area contributed by atoms with Crippen molar-refractivity contribution in [3.63, 3.8) is 0 Å². The van der Waals surface area contributed by atoms with E-state index in [1.165, 1.54) is 23.2 Å². The molecular formula is C23H30OSi. The van der Waals surface area contributed by atoms with Crippen LogP contribution in [0.25, 0.3) is 0 Å². The lowest BCUT2D eigenvalue weighted by Crippen LogP contribution is -2.67. The molecule has 25 heavy (non-hydrogen) atoms. The molecule has 2 aromatic rings. The van der Waals surface area contributed by atoms with Crippen molar-refractivity contribution in [3.05, 3.63) is 60.7 Å². The van der Waals surface area contributed by atoms with Gasteiger partial charge in [-0.1, -0.05) is 88.4 Å². The van der Waals surface area contributed by atoms with Crippen molar-refractivity contribution in [2.24, 2.45) is 17.8 Å². The molecule has 0 heterocycles. The van der Waals surface area contributed by atoms with Crippen LogP contribution in [-0.2, 0) is 4.43 Å². The first kappa shape index (κ1) is 17.1. The van der Waals surface area contributed by atoms with Gasteiger partial charge in [0.2, 0.25) is 0 Å².